The number of halogens is 1. The third-order valence-electron chi connectivity index (χ3n) is 7.27. The smallest absolute Gasteiger partial charge is 0.257 e. The Balaban J connectivity index is 1.45. The number of aryl methyl sites for hydroxylation is 2. The number of benzene rings is 2. The van der Waals surface area contributed by atoms with E-state index in [0.717, 1.165) is 11.1 Å². The molecule has 0 saturated carbocycles. The summed E-state index contributed by atoms with van der Waals surface area (Å²) in [5.41, 5.74) is 4.21. The van der Waals surface area contributed by atoms with Gasteiger partial charge in [0.15, 0.2) is 0 Å². The lowest BCUT2D eigenvalue weighted by molar-refractivity contribution is -0.118. The van der Waals surface area contributed by atoms with Crippen molar-refractivity contribution >= 4 is 29.1 Å². The molecule has 0 saturated heterocycles. The molecular weight excluding hydrogens is 584 g/mol. The van der Waals surface area contributed by atoms with E-state index >= 15 is 0 Å². The van der Waals surface area contributed by atoms with Gasteiger partial charge in [0.2, 0.25) is 5.91 Å². The third-order valence-corrected chi connectivity index (χ3v) is 7.64. The van der Waals surface area contributed by atoms with Gasteiger partial charge in [-0.15, -0.1) is 0 Å². The number of anilines is 1. The second-order valence-electron chi connectivity index (χ2n) is 10.7. The van der Waals surface area contributed by atoms with Crippen LogP contribution in [0.3, 0.4) is 0 Å². The van der Waals surface area contributed by atoms with E-state index in [-0.39, 0.29) is 29.3 Å². The molecule has 44 heavy (non-hydrogen) atoms. The third kappa shape index (κ3) is 6.42. The molecule has 1 atom stereocenters. The van der Waals surface area contributed by atoms with Gasteiger partial charge in [-0.3, -0.25) is 14.4 Å². The lowest BCUT2D eigenvalue weighted by Gasteiger charge is -2.20. The van der Waals surface area contributed by atoms with Gasteiger partial charge in [0.05, 0.1) is 23.9 Å². The van der Waals surface area contributed by atoms with Crippen LogP contribution in [0.25, 0.3) is 22.4 Å². The number of aromatic hydroxyl groups is 1. The number of hydrogen-bond acceptors (Lipinski definition) is 7. The molecule has 226 valence electrons. The van der Waals surface area contributed by atoms with Crippen molar-refractivity contribution in [3.63, 3.8) is 0 Å². The first kappa shape index (κ1) is 30.3. The summed E-state index contributed by atoms with van der Waals surface area (Å²) in [4.78, 5) is 43.2. The van der Waals surface area contributed by atoms with Gasteiger partial charge in [-0.1, -0.05) is 22.8 Å². The monoisotopic (exact) mass is 614 g/mol. The highest BCUT2D eigenvalue weighted by Crippen LogP contribution is 2.31. The zero-order chi connectivity index (χ0) is 31.5. The lowest BCUT2D eigenvalue weighted by atomic mass is 9.99. The summed E-state index contributed by atoms with van der Waals surface area (Å²) < 4.78 is 8.31. The Kier molecular flexibility index (Phi) is 8.68. The minimum absolute atomic E-state index is 0.0315. The van der Waals surface area contributed by atoms with Crippen molar-refractivity contribution < 1.29 is 19.2 Å². The molecule has 3 aromatic heterocycles. The number of carbonyl (C=O) groups excluding carboxylic acids is 2. The van der Waals surface area contributed by atoms with Crippen LogP contribution in [-0.2, 0) is 18.3 Å². The quantitative estimate of drug-likeness (QED) is 0.209. The Hall–Kier alpha value is -5.16. The summed E-state index contributed by atoms with van der Waals surface area (Å²) in [6.45, 7) is 5.47. The maximum Gasteiger partial charge on any atom is 0.257 e. The Bertz CT molecular complexity index is 1910. The molecule has 3 N–H and O–H groups in total. The van der Waals surface area contributed by atoms with Gasteiger partial charge in [-0.25, -0.2) is 4.98 Å². The number of aromatic nitrogens is 4. The molecule has 12 heteroatoms. The number of carbonyl (C=O) groups is 2. The Morgan fingerprint density at radius 3 is 2.52 bits per heavy atom. The molecule has 0 bridgehead atoms. The van der Waals surface area contributed by atoms with Gasteiger partial charge >= 0.3 is 0 Å². The fourth-order valence-electron chi connectivity index (χ4n) is 4.84. The minimum Gasteiger partial charge on any atom is -0.507 e. The predicted octanol–water partition coefficient (Wildman–Crippen LogP) is 5.13. The van der Waals surface area contributed by atoms with Crippen LogP contribution < -0.4 is 16.2 Å². The Labute approximate surface area is 258 Å². The number of amides is 2. The number of rotatable bonds is 9. The molecule has 0 radical (unpaired) electrons. The highest BCUT2D eigenvalue weighted by molar-refractivity contribution is 6.31. The van der Waals surface area contributed by atoms with E-state index < -0.39 is 17.9 Å². The van der Waals surface area contributed by atoms with E-state index in [9.17, 15) is 19.5 Å². The van der Waals surface area contributed by atoms with Crippen LogP contribution in [0.15, 0.2) is 82.8 Å². The van der Waals surface area contributed by atoms with Crippen LogP contribution in [0, 0.1) is 6.92 Å². The molecule has 0 aliphatic rings. The minimum atomic E-state index is -1.08. The molecule has 0 aliphatic heterocycles. The van der Waals surface area contributed by atoms with E-state index in [0.29, 0.717) is 33.2 Å². The number of phenolic OH excluding ortho intramolecular Hbond substituents is 1. The van der Waals surface area contributed by atoms with E-state index in [1.54, 1.807) is 59.0 Å². The zero-order valence-corrected chi connectivity index (χ0v) is 25.3. The second kappa shape index (κ2) is 12.6. The van der Waals surface area contributed by atoms with Gasteiger partial charge in [-0.05, 0) is 67.8 Å². The van der Waals surface area contributed by atoms with E-state index in [2.05, 4.69) is 20.8 Å². The normalized spacial score (nSPS) is 11.9. The maximum absolute atomic E-state index is 13.7. The highest BCUT2D eigenvalue weighted by atomic mass is 35.5. The summed E-state index contributed by atoms with van der Waals surface area (Å²) in [6.07, 6.45) is 6.28. The number of imidazole rings is 1. The van der Waals surface area contributed by atoms with Crippen molar-refractivity contribution in [1.29, 1.82) is 0 Å². The molecule has 5 aromatic rings. The zero-order valence-electron chi connectivity index (χ0n) is 24.5. The molecule has 2 aromatic carbocycles. The van der Waals surface area contributed by atoms with E-state index in [1.165, 1.54) is 18.4 Å². The van der Waals surface area contributed by atoms with Crippen molar-refractivity contribution in [3.05, 3.63) is 106 Å². The lowest BCUT2D eigenvalue weighted by Crippen LogP contribution is -2.45. The first-order valence-corrected chi connectivity index (χ1v) is 14.2. The van der Waals surface area contributed by atoms with Crippen LogP contribution in [0.4, 0.5) is 5.69 Å². The Morgan fingerprint density at radius 1 is 1.09 bits per heavy atom. The highest BCUT2D eigenvalue weighted by Gasteiger charge is 2.25. The molecule has 5 rings (SSSR count). The largest absolute Gasteiger partial charge is 0.507 e. The number of hydrogen-bond donors (Lipinski definition) is 3. The summed E-state index contributed by atoms with van der Waals surface area (Å²) in [6, 6.07) is 12.3. The average Bonchev–Trinajstić information content (AvgIpc) is 3.61. The first-order valence-electron chi connectivity index (χ1n) is 13.8. The number of nitrogens with one attached hydrogen (secondary N) is 2. The van der Waals surface area contributed by atoms with Crippen LogP contribution in [-0.4, -0.2) is 42.2 Å². The summed E-state index contributed by atoms with van der Waals surface area (Å²) in [5.74, 6) is -1.13. The maximum atomic E-state index is 13.7. The second-order valence-corrected chi connectivity index (χ2v) is 11.1. The fraction of sp³-hybridized carbons (Fsp3) is 0.219. The summed E-state index contributed by atoms with van der Waals surface area (Å²) in [5, 5.41) is 20.4. The van der Waals surface area contributed by atoms with Crippen LogP contribution in [0.1, 0.15) is 41.5 Å². The van der Waals surface area contributed by atoms with Crippen molar-refractivity contribution in [1.82, 2.24) is 24.6 Å². The van der Waals surface area contributed by atoms with Crippen LogP contribution in [0.5, 0.6) is 5.75 Å². The average molecular weight is 615 g/mol. The van der Waals surface area contributed by atoms with Gasteiger partial charge in [-0.2, -0.15) is 0 Å². The standard InChI is InChI=1S/C32H31ClN6O5/c1-18(2)39-15-21(6-10-30(39)41)20-5-9-26(33)22(11-20)12-27(36-31(42)25-16-44-37-19(25)3)32(43)35-23-7-8-24(29(40)13-23)28-14-34-17-38(28)4/h5-11,13-18,27,40H,12H2,1-4H3,(H,35,43)(H,36,42)/t27-/m0/s1. The number of nitrogens with zero attached hydrogens (tertiary/aromatic N) is 4. The summed E-state index contributed by atoms with van der Waals surface area (Å²) >= 11 is 6.60. The van der Waals surface area contributed by atoms with Crippen molar-refractivity contribution in [2.75, 3.05) is 5.32 Å². The number of pyridine rings is 1. The molecule has 0 fully saturated rings. The van der Waals surface area contributed by atoms with Crippen molar-refractivity contribution in [2.45, 2.75) is 39.3 Å². The van der Waals surface area contributed by atoms with Gasteiger partial charge in [0.25, 0.3) is 11.5 Å². The van der Waals surface area contributed by atoms with E-state index in [1.807, 2.05) is 33.0 Å². The molecule has 0 unspecified atom stereocenters. The van der Waals surface area contributed by atoms with Gasteiger partial charge < -0.3 is 29.4 Å². The molecule has 0 aliphatic carbocycles. The molecule has 3 heterocycles. The van der Waals surface area contributed by atoms with Crippen molar-refractivity contribution in [3.8, 4) is 28.1 Å². The van der Waals surface area contributed by atoms with Gasteiger partial charge in [0.1, 0.15) is 23.6 Å². The molecule has 11 nitrogen and oxygen atoms in total. The first-order chi connectivity index (χ1) is 21.0. The SMILES string of the molecule is Cc1nocc1C(=O)N[C@@H](Cc1cc(-c2ccc(=O)n(C(C)C)c2)ccc1Cl)C(=O)Nc1ccc(-c2cncn2C)c(O)c1. The van der Waals surface area contributed by atoms with E-state index in [4.69, 9.17) is 16.1 Å². The Morgan fingerprint density at radius 2 is 1.86 bits per heavy atom. The van der Waals surface area contributed by atoms with Crippen LogP contribution in [0.2, 0.25) is 5.02 Å². The predicted molar refractivity (Wildman–Crippen MR) is 167 cm³/mol. The summed E-state index contributed by atoms with van der Waals surface area (Å²) in [7, 11) is 1.81. The number of phenols is 1. The molecular formula is C32H31ClN6O5. The fourth-order valence-corrected chi connectivity index (χ4v) is 5.03. The molecule has 2 amide bonds. The molecule has 0 spiro atoms. The van der Waals surface area contributed by atoms with Gasteiger partial charge in [0, 0.05) is 54.1 Å². The van der Waals surface area contributed by atoms with Crippen molar-refractivity contribution in [2.24, 2.45) is 7.05 Å². The van der Waals surface area contributed by atoms with Crippen LogP contribution >= 0.6 is 11.6 Å². The topological polar surface area (TPSA) is 144 Å².